The number of amides is 1. The molecule has 8 heteroatoms. The van der Waals surface area contributed by atoms with Crippen LogP contribution in [0.2, 0.25) is 0 Å². The van der Waals surface area contributed by atoms with Crippen LogP contribution < -0.4 is 0 Å². The molecule has 0 saturated carbocycles. The summed E-state index contributed by atoms with van der Waals surface area (Å²) in [6.45, 7) is 5.64. The van der Waals surface area contributed by atoms with Gasteiger partial charge in [0.15, 0.2) is 5.82 Å². The molecule has 1 saturated heterocycles. The van der Waals surface area contributed by atoms with Gasteiger partial charge in [-0.2, -0.15) is 4.98 Å². The van der Waals surface area contributed by atoms with E-state index in [4.69, 9.17) is 9.26 Å². The molecular weight excluding hydrogens is 304 g/mol. The lowest BCUT2D eigenvalue weighted by Gasteiger charge is -2.33. The van der Waals surface area contributed by atoms with E-state index >= 15 is 0 Å². The molecule has 1 fully saturated rings. The van der Waals surface area contributed by atoms with Gasteiger partial charge in [0.2, 0.25) is 6.39 Å². The van der Waals surface area contributed by atoms with Crippen molar-refractivity contribution in [1.29, 1.82) is 0 Å². The van der Waals surface area contributed by atoms with Crippen LogP contribution >= 0.6 is 11.3 Å². The number of morpholine rings is 1. The Balaban J connectivity index is 1.78. The molecule has 3 rings (SSSR count). The molecule has 0 bridgehead atoms. The van der Waals surface area contributed by atoms with E-state index in [9.17, 15) is 4.79 Å². The molecule has 1 atom stereocenters. The zero-order valence-corrected chi connectivity index (χ0v) is 13.4. The van der Waals surface area contributed by atoms with Crippen LogP contribution in [0.1, 0.15) is 41.2 Å². The molecule has 0 spiro atoms. The zero-order chi connectivity index (χ0) is 15.5. The third-order valence-electron chi connectivity index (χ3n) is 3.42. The van der Waals surface area contributed by atoms with Gasteiger partial charge in [0.05, 0.1) is 18.2 Å². The van der Waals surface area contributed by atoms with Crippen LogP contribution in [-0.4, -0.2) is 45.7 Å². The van der Waals surface area contributed by atoms with Crippen LogP contribution in [0.3, 0.4) is 0 Å². The second-order valence-corrected chi connectivity index (χ2v) is 6.55. The molecule has 7 nitrogen and oxygen atoms in total. The van der Waals surface area contributed by atoms with Crippen molar-refractivity contribution in [2.24, 2.45) is 5.92 Å². The smallest absolute Gasteiger partial charge is 0.274 e. The predicted molar refractivity (Wildman–Crippen MR) is 79.6 cm³/mol. The summed E-state index contributed by atoms with van der Waals surface area (Å²) in [6, 6.07) is -0.324. The van der Waals surface area contributed by atoms with Crippen LogP contribution in [0, 0.1) is 5.92 Å². The van der Waals surface area contributed by atoms with Gasteiger partial charge in [-0.25, -0.2) is 4.98 Å². The lowest BCUT2D eigenvalue weighted by atomic mass is 10.1. The maximum absolute atomic E-state index is 12.7. The summed E-state index contributed by atoms with van der Waals surface area (Å²) < 4.78 is 10.2. The first-order chi connectivity index (χ1) is 10.6. The first-order valence-electron chi connectivity index (χ1n) is 7.24. The van der Waals surface area contributed by atoms with Gasteiger partial charge >= 0.3 is 0 Å². The third kappa shape index (κ3) is 3.17. The van der Waals surface area contributed by atoms with Crippen molar-refractivity contribution in [2.75, 3.05) is 19.8 Å². The van der Waals surface area contributed by atoms with Crippen molar-refractivity contribution >= 4 is 17.2 Å². The second-order valence-electron chi connectivity index (χ2n) is 5.60. The van der Waals surface area contributed by atoms with Gasteiger partial charge in [-0.15, -0.1) is 11.3 Å². The van der Waals surface area contributed by atoms with Crippen molar-refractivity contribution in [1.82, 2.24) is 20.0 Å². The molecule has 0 N–H and O–H groups in total. The number of hydrogen-bond donors (Lipinski definition) is 0. The molecule has 22 heavy (non-hydrogen) atoms. The molecule has 2 aromatic rings. The summed E-state index contributed by atoms with van der Waals surface area (Å²) in [6.07, 6.45) is 2.14. The highest BCUT2D eigenvalue weighted by molar-refractivity contribution is 7.09. The van der Waals surface area contributed by atoms with Gasteiger partial charge in [-0.3, -0.25) is 4.79 Å². The number of thiazole rings is 1. The summed E-state index contributed by atoms with van der Waals surface area (Å²) in [4.78, 5) is 22.9. The molecule has 0 radical (unpaired) electrons. The van der Waals surface area contributed by atoms with E-state index in [0.29, 0.717) is 37.2 Å². The maximum atomic E-state index is 12.7. The Labute approximate surface area is 132 Å². The molecule has 1 aliphatic rings. The van der Waals surface area contributed by atoms with Gasteiger partial charge < -0.3 is 14.2 Å². The molecule has 0 unspecified atom stereocenters. The number of carbonyl (C=O) groups is 1. The van der Waals surface area contributed by atoms with Crippen molar-refractivity contribution in [2.45, 2.75) is 26.3 Å². The minimum atomic E-state index is -0.324. The van der Waals surface area contributed by atoms with Crippen molar-refractivity contribution < 1.29 is 14.1 Å². The van der Waals surface area contributed by atoms with E-state index in [0.717, 1.165) is 11.4 Å². The summed E-state index contributed by atoms with van der Waals surface area (Å²) >= 11 is 1.53. The predicted octanol–water partition coefficient (Wildman–Crippen LogP) is 1.94. The minimum absolute atomic E-state index is 0.107. The number of carbonyl (C=O) groups excluding carboxylic acids is 1. The van der Waals surface area contributed by atoms with Crippen LogP contribution in [0.15, 0.2) is 16.3 Å². The fourth-order valence-corrected chi connectivity index (χ4v) is 3.37. The van der Waals surface area contributed by atoms with E-state index in [1.165, 1.54) is 17.7 Å². The number of rotatable bonds is 4. The lowest BCUT2D eigenvalue weighted by molar-refractivity contribution is -0.00604. The molecule has 3 heterocycles. The summed E-state index contributed by atoms with van der Waals surface area (Å²) in [5, 5.41) is 6.64. The van der Waals surface area contributed by atoms with E-state index in [2.05, 4.69) is 29.0 Å². The Bertz CT molecular complexity index is 626. The Morgan fingerprint density at radius 3 is 3.14 bits per heavy atom. The Hall–Kier alpha value is -1.80. The zero-order valence-electron chi connectivity index (χ0n) is 12.6. The van der Waals surface area contributed by atoms with Gasteiger partial charge in [-0.1, -0.05) is 19.0 Å². The van der Waals surface area contributed by atoms with E-state index in [-0.39, 0.29) is 11.9 Å². The second kappa shape index (κ2) is 6.53. The molecule has 1 amide bonds. The molecule has 1 aliphatic heterocycles. The SMILES string of the molecule is CC(C)Cc1nc(C(=O)N2CCOC[C@H]2c2ncon2)cs1. The van der Waals surface area contributed by atoms with Crippen LogP contribution in [-0.2, 0) is 11.2 Å². The quantitative estimate of drug-likeness (QED) is 0.855. The minimum Gasteiger partial charge on any atom is -0.377 e. The van der Waals surface area contributed by atoms with E-state index in [1.807, 2.05) is 5.38 Å². The van der Waals surface area contributed by atoms with Crippen molar-refractivity contribution in [3.05, 3.63) is 28.3 Å². The Morgan fingerprint density at radius 1 is 1.55 bits per heavy atom. The average molecular weight is 322 g/mol. The van der Waals surface area contributed by atoms with Crippen molar-refractivity contribution in [3.8, 4) is 0 Å². The summed E-state index contributed by atoms with van der Waals surface area (Å²) in [5.41, 5.74) is 0.482. The van der Waals surface area contributed by atoms with Gasteiger partial charge in [-0.05, 0) is 5.92 Å². The van der Waals surface area contributed by atoms with Crippen molar-refractivity contribution in [3.63, 3.8) is 0 Å². The highest BCUT2D eigenvalue weighted by Crippen LogP contribution is 2.24. The lowest BCUT2D eigenvalue weighted by Crippen LogP contribution is -2.44. The molecule has 2 aromatic heterocycles. The monoisotopic (exact) mass is 322 g/mol. The number of hydrogen-bond acceptors (Lipinski definition) is 7. The van der Waals surface area contributed by atoms with Crippen LogP contribution in [0.4, 0.5) is 0 Å². The fourth-order valence-electron chi connectivity index (χ4n) is 2.39. The maximum Gasteiger partial charge on any atom is 0.274 e. The molecular formula is C14H18N4O3S. The van der Waals surface area contributed by atoms with Crippen LogP contribution in [0.25, 0.3) is 0 Å². The fraction of sp³-hybridized carbons (Fsp3) is 0.571. The molecule has 0 aliphatic carbocycles. The summed E-state index contributed by atoms with van der Waals surface area (Å²) in [5.74, 6) is 0.875. The normalized spacial score (nSPS) is 18.9. The number of aromatic nitrogens is 3. The van der Waals surface area contributed by atoms with Gasteiger partial charge in [0.1, 0.15) is 11.7 Å². The van der Waals surface area contributed by atoms with Gasteiger partial charge in [0, 0.05) is 18.3 Å². The Morgan fingerprint density at radius 2 is 2.41 bits per heavy atom. The highest BCUT2D eigenvalue weighted by atomic mass is 32.1. The van der Waals surface area contributed by atoms with Crippen LogP contribution in [0.5, 0.6) is 0 Å². The molecule has 0 aromatic carbocycles. The number of nitrogens with zero attached hydrogens (tertiary/aromatic N) is 4. The van der Waals surface area contributed by atoms with Gasteiger partial charge in [0.25, 0.3) is 5.91 Å². The average Bonchev–Trinajstić information content (AvgIpc) is 3.17. The Kier molecular flexibility index (Phi) is 4.49. The van der Waals surface area contributed by atoms with E-state index < -0.39 is 0 Å². The largest absolute Gasteiger partial charge is 0.377 e. The molecule has 118 valence electrons. The first kappa shape index (κ1) is 15.1. The number of ether oxygens (including phenoxy) is 1. The first-order valence-corrected chi connectivity index (χ1v) is 8.12. The standard InChI is InChI=1S/C14H18N4O3S/c1-9(2)5-12-16-10(7-22-12)14(19)18-3-4-20-6-11(18)13-15-8-21-17-13/h7-9,11H,3-6H2,1-2H3/t11-/m0/s1. The summed E-state index contributed by atoms with van der Waals surface area (Å²) in [7, 11) is 0. The topological polar surface area (TPSA) is 81.4 Å². The third-order valence-corrected chi connectivity index (χ3v) is 4.29. The van der Waals surface area contributed by atoms with E-state index in [1.54, 1.807) is 4.90 Å². The highest BCUT2D eigenvalue weighted by Gasteiger charge is 2.33.